The first-order chi connectivity index (χ1) is 3.10. The van der Waals surface area contributed by atoms with Crippen LogP contribution in [0.15, 0.2) is 0 Å². The monoisotopic (exact) mass is 142 g/mol. The number of hydrogen-bond acceptors (Lipinski definition) is 5. The highest BCUT2D eigenvalue weighted by molar-refractivity contribution is 7.87. The van der Waals surface area contributed by atoms with E-state index in [0.29, 0.717) is 0 Å². The molecule has 0 aromatic carbocycles. The van der Waals surface area contributed by atoms with E-state index in [9.17, 15) is 8.42 Å². The summed E-state index contributed by atoms with van der Waals surface area (Å²) in [6.45, 7) is 0. The molecule has 0 unspecified atom stereocenters. The van der Waals surface area contributed by atoms with Gasteiger partial charge in [0.15, 0.2) is 0 Å². The summed E-state index contributed by atoms with van der Waals surface area (Å²) in [4.78, 5) is 0. The predicted molar refractivity (Wildman–Crippen MR) is 23.9 cm³/mol. The second-order valence-corrected chi connectivity index (χ2v) is 2.53. The Balaban J connectivity index is 2.61. The lowest BCUT2D eigenvalue weighted by atomic mass is 11.5. The molecule has 0 saturated carbocycles. The van der Waals surface area contributed by atoms with Crippen LogP contribution in [0.1, 0.15) is 0 Å². The fraction of sp³-hybridized carbons (Fsp3) is 1.00. The van der Waals surface area contributed by atoms with Crippen molar-refractivity contribution in [1.29, 1.82) is 0 Å². The molecule has 1 saturated heterocycles. The molecule has 0 bridgehead atoms. The number of hydrogen-bond donors (Lipinski definition) is 1. The largest absolute Gasteiger partial charge is 0.406 e. The first-order valence-corrected chi connectivity index (χ1v) is 3.25. The maximum atomic E-state index is 9.80. The van der Waals surface area contributed by atoms with Crippen LogP contribution in [0.3, 0.4) is 0 Å². The Hall–Kier alpha value is 0.220. The summed E-state index contributed by atoms with van der Waals surface area (Å²) in [7, 11) is -3.61. The molecule has 1 aliphatic heterocycles. The third-order valence-electron chi connectivity index (χ3n) is 0.400. The lowest BCUT2D eigenvalue weighted by Crippen LogP contribution is -2.31. The third kappa shape index (κ3) is 1.06. The molecule has 7 heavy (non-hydrogen) atoms. The van der Waals surface area contributed by atoms with E-state index in [2.05, 4.69) is 21.0 Å². The summed E-state index contributed by atoms with van der Waals surface area (Å²) < 4.78 is 27.5. The molecular formula is CH2O4S2. The average molecular weight is 142 g/mol. The van der Waals surface area contributed by atoms with Gasteiger partial charge in [-0.25, -0.2) is 8.37 Å². The van der Waals surface area contributed by atoms with Gasteiger partial charge in [-0.3, -0.25) is 0 Å². The highest BCUT2D eigenvalue weighted by Crippen LogP contribution is 2.19. The minimum atomic E-state index is -3.61. The molecule has 0 aromatic rings. The van der Waals surface area contributed by atoms with Crippen LogP contribution in [-0.2, 0) is 18.8 Å². The van der Waals surface area contributed by atoms with Crippen LogP contribution in [0, 0.1) is 0 Å². The summed E-state index contributed by atoms with van der Waals surface area (Å²) in [6.07, 6.45) is 0. The Kier molecular flexibility index (Phi) is 1.03. The van der Waals surface area contributed by atoms with Crippen molar-refractivity contribution in [3.8, 4) is 0 Å². The van der Waals surface area contributed by atoms with Crippen molar-refractivity contribution in [2.24, 2.45) is 0 Å². The van der Waals surface area contributed by atoms with Crippen molar-refractivity contribution in [3.05, 3.63) is 0 Å². The average Bonchev–Trinajstić information content (AvgIpc) is 1.27. The van der Waals surface area contributed by atoms with E-state index in [1.54, 1.807) is 0 Å². The van der Waals surface area contributed by atoms with Crippen molar-refractivity contribution in [1.82, 2.24) is 0 Å². The lowest BCUT2D eigenvalue weighted by Gasteiger charge is -2.18. The number of rotatable bonds is 0. The van der Waals surface area contributed by atoms with Crippen LogP contribution < -0.4 is 0 Å². The molecule has 0 amide bonds. The van der Waals surface area contributed by atoms with Gasteiger partial charge < -0.3 is 0 Å². The molecule has 0 radical (unpaired) electrons. The van der Waals surface area contributed by atoms with E-state index >= 15 is 0 Å². The zero-order chi connectivity index (χ0) is 5.49. The number of thiol groups is 1. The molecule has 0 spiro atoms. The highest BCUT2D eigenvalue weighted by Gasteiger charge is 2.32. The van der Waals surface area contributed by atoms with E-state index in [1.807, 2.05) is 0 Å². The Morgan fingerprint density at radius 2 is 1.86 bits per heavy atom. The van der Waals surface area contributed by atoms with E-state index < -0.39 is 16.0 Å². The smallest absolute Gasteiger partial charge is 0.205 e. The standard InChI is InChI=1S/CH2O4S2/c2-7(3)4-1(6)5-7/h1,6H. The normalized spacial score (nSPS) is 29.3. The molecule has 4 nitrogen and oxygen atoms in total. The third-order valence-corrected chi connectivity index (χ3v) is 1.72. The zero-order valence-corrected chi connectivity index (χ0v) is 4.78. The van der Waals surface area contributed by atoms with Gasteiger partial charge in [-0.2, -0.15) is 8.42 Å². The van der Waals surface area contributed by atoms with Crippen LogP contribution in [0.4, 0.5) is 0 Å². The van der Waals surface area contributed by atoms with E-state index in [4.69, 9.17) is 0 Å². The molecule has 1 rings (SSSR count). The maximum absolute atomic E-state index is 9.80. The molecule has 1 heterocycles. The van der Waals surface area contributed by atoms with Gasteiger partial charge in [0.2, 0.25) is 5.62 Å². The van der Waals surface area contributed by atoms with Crippen molar-refractivity contribution < 1.29 is 16.8 Å². The summed E-state index contributed by atoms with van der Waals surface area (Å²) >= 11 is 3.47. The van der Waals surface area contributed by atoms with Crippen LogP contribution in [-0.4, -0.2) is 14.0 Å². The predicted octanol–water partition coefficient (Wildman–Crippen LogP) is -0.509. The van der Waals surface area contributed by atoms with Gasteiger partial charge in [0.25, 0.3) is 0 Å². The quantitative estimate of drug-likeness (QED) is 0.463. The maximum Gasteiger partial charge on any atom is 0.406 e. The summed E-state index contributed by atoms with van der Waals surface area (Å²) in [5, 5.41) is 0. The van der Waals surface area contributed by atoms with E-state index in [1.165, 1.54) is 0 Å². The van der Waals surface area contributed by atoms with Crippen LogP contribution in [0.25, 0.3) is 0 Å². The van der Waals surface area contributed by atoms with Gasteiger partial charge in [0.05, 0.1) is 0 Å². The Morgan fingerprint density at radius 3 is 1.86 bits per heavy atom. The topological polar surface area (TPSA) is 52.6 Å². The summed E-state index contributed by atoms with van der Waals surface area (Å²) in [6, 6.07) is 0. The van der Waals surface area contributed by atoms with Crippen LogP contribution in [0.2, 0.25) is 0 Å². The fourth-order valence-electron chi connectivity index (χ4n) is 0.209. The van der Waals surface area contributed by atoms with Gasteiger partial charge in [0, 0.05) is 0 Å². The Bertz CT molecular complexity index is 145. The zero-order valence-electron chi connectivity index (χ0n) is 3.07. The molecule has 0 atom stereocenters. The van der Waals surface area contributed by atoms with E-state index in [0.717, 1.165) is 0 Å². The molecule has 1 fully saturated rings. The first-order valence-electron chi connectivity index (χ1n) is 1.40. The molecule has 6 heteroatoms. The minimum Gasteiger partial charge on any atom is -0.205 e. The second kappa shape index (κ2) is 1.35. The van der Waals surface area contributed by atoms with Gasteiger partial charge in [-0.15, -0.1) is 12.6 Å². The Labute approximate surface area is 46.2 Å². The molecule has 0 N–H and O–H groups in total. The van der Waals surface area contributed by atoms with Crippen molar-refractivity contribution >= 4 is 23.0 Å². The van der Waals surface area contributed by atoms with Gasteiger partial charge in [0.1, 0.15) is 0 Å². The SMILES string of the molecule is O=S1(=O)OC(S)O1. The van der Waals surface area contributed by atoms with Gasteiger partial charge >= 0.3 is 10.4 Å². The molecule has 0 aliphatic carbocycles. The summed E-state index contributed by atoms with van der Waals surface area (Å²) in [5.74, 6) is 0. The van der Waals surface area contributed by atoms with Crippen LogP contribution in [0.5, 0.6) is 0 Å². The molecule has 42 valence electrons. The van der Waals surface area contributed by atoms with Crippen molar-refractivity contribution in [3.63, 3.8) is 0 Å². The fourth-order valence-corrected chi connectivity index (χ4v) is 1.26. The molecule has 1 aliphatic rings. The highest BCUT2D eigenvalue weighted by atomic mass is 32.3. The van der Waals surface area contributed by atoms with Crippen molar-refractivity contribution in [2.75, 3.05) is 0 Å². The minimum absolute atomic E-state index is 0.884. The first kappa shape index (κ1) is 5.36. The van der Waals surface area contributed by atoms with Gasteiger partial charge in [-0.05, 0) is 0 Å². The second-order valence-electron chi connectivity index (χ2n) is 0.908. The summed E-state index contributed by atoms with van der Waals surface area (Å²) in [5.41, 5.74) is -0.884. The van der Waals surface area contributed by atoms with E-state index in [-0.39, 0.29) is 0 Å². The van der Waals surface area contributed by atoms with Gasteiger partial charge in [-0.1, -0.05) is 0 Å². The van der Waals surface area contributed by atoms with Crippen molar-refractivity contribution in [2.45, 2.75) is 5.62 Å². The van der Waals surface area contributed by atoms with Crippen LogP contribution >= 0.6 is 12.6 Å². The molecular weight excluding hydrogens is 140 g/mol. The Morgan fingerprint density at radius 1 is 1.43 bits per heavy atom. The molecule has 0 aromatic heterocycles. The lowest BCUT2D eigenvalue weighted by molar-refractivity contribution is -0.00775.